The molecule has 3 N–H and O–H groups in total. The van der Waals surface area contributed by atoms with Gasteiger partial charge in [0.1, 0.15) is 5.75 Å². The van der Waals surface area contributed by atoms with Crippen LogP contribution in [-0.2, 0) is 0 Å². The van der Waals surface area contributed by atoms with Gasteiger partial charge in [-0.2, -0.15) is 0 Å². The summed E-state index contributed by atoms with van der Waals surface area (Å²) in [7, 11) is 3.01. The van der Waals surface area contributed by atoms with Crippen molar-refractivity contribution in [2.75, 3.05) is 30.2 Å². The van der Waals surface area contributed by atoms with Crippen molar-refractivity contribution in [3.63, 3.8) is 0 Å². The lowest BCUT2D eigenvalue weighted by molar-refractivity contribution is 0.102. The maximum absolute atomic E-state index is 12.6. The quantitative estimate of drug-likeness (QED) is 0.584. The van der Waals surface area contributed by atoms with Crippen molar-refractivity contribution in [2.45, 2.75) is 0 Å². The van der Waals surface area contributed by atoms with Gasteiger partial charge in [-0.1, -0.05) is 18.2 Å². The van der Waals surface area contributed by atoms with Crippen molar-refractivity contribution in [3.05, 3.63) is 66.2 Å². The van der Waals surface area contributed by atoms with Crippen molar-refractivity contribution in [1.29, 1.82) is 0 Å². The van der Waals surface area contributed by atoms with Gasteiger partial charge < -0.3 is 30.2 Å². The summed E-state index contributed by atoms with van der Waals surface area (Å²) < 4.78 is 16.4. The molecule has 0 bridgehead atoms. The zero-order valence-corrected chi connectivity index (χ0v) is 16.3. The average molecular weight is 405 g/mol. The van der Waals surface area contributed by atoms with Gasteiger partial charge in [0.2, 0.25) is 0 Å². The number of amides is 3. The van der Waals surface area contributed by atoms with Gasteiger partial charge in [0.25, 0.3) is 5.91 Å². The van der Waals surface area contributed by atoms with Crippen LogP contribution in [0.15, 0.2) is 60.7 Å². The molecule has 3 aromatic rings. The molecule has 0 spiro atoms. The van der Waals surface area contributed by atoms with Gasteiger partial charge in [0.15, 0.2) is 17.2 Å². The first-order valence-electron chi connectivity index (χ1n) is 9.10. The summed E-state index contributed by atoms with van der Waals surface area (Å²) in [6.07, 6.45) is 0. The van der Waals surface area contributed by atoms with Gasteiger partial charge in [0, 0.05) is 5.69 Å². The number of benzene rings is 3. The highest BCUT2D eigenvalue weighted by Crippen LogP contribution is 2.37. The van der Waals surface area contributed by atoms with Crippen molar-refractivity contribution in [2.24, 2.45) is 0 Å². The van der Waals surface area contributed by atoms with Crippen molar-refractivity contribution >= 4 is 29.0 Å². The Labute approximate surface area is 172 Å². The van der Waals surface area contributed by atoms with E-state index < -0.39 is 6.03 Å². The standard InChI is InChI=1S/C22H19N3O5/c1-28-19-9-5-7-16(20(19)29-2)25-22(27)23-13-10-11-17-14(12-13)21(26)24-15-6-3-4-8-18(15)30-17/h3-12H,1-2H3,(H,24,26)(H2,23,25,27). The lowest BCUT2D eigenvalue weighted by atomic mass is 10.1. The van der Waals surface area contributed by atoms with Crippen LogP contribution in [0.3, 0.4) is 0 Å². The van der Waals surface area contributed by atoms with Crippen molar-refractivity contribution < 1.29 is 23.8 Å². The number of para-hydroxylation sites is 3. The summed E-state index contributed by atoms with van der Waals surface area (Å²) in [5.41, 5.74) is 1.76. The topological polar surface area (TPSA) is 97.9 Å². The number of fused-ring (bicyclic) bond motifs is 2. The Morgan fingerprint density at radius 3 is 2.57 bits per heavy atom. The summed E-state index contributed by atoms with van der Waals surface area (Å²) in [6.45, 7) is 0. The summed E-state index contributed by atoms with van der Waals surface area (Å²) in [5.74, 6) is 1.52. The molecule has 0 saturated carbocycles. The fourth-order valence-electron chi connectivity index (χ4n) is 3.11. The van der Waals surface area contributed by atoms with Gasteiger partial charge in [-0.25, -0.2) is 4.79 Å². The minimum absolute atomic E-state index is 0.308. The molecule has 1 heterocycles. The molecule has 8 heteroatoms. The second-order valence-electron chi connectivity index (χ2n) is 6.38. The fourth-order valence-corrected chi connectivity index (χ4v) is 3.11. The molecule has 0 unspecified atom stereocenters. The Balaban J connectivity index is 1.54. The highest BCUT2D eigenvalue weighted by molar-refractivity contribution is 6.09. The molecule has 3 aromatic carbocycles. The minimum Gasteiger partial charge on any atom is -0.493 e. The number of urea groups is 1. The number of hydrogen-bond acceptors (Lipinski definition) is 5. The Bertz CT molecular complexity index is 1130. The van der Waals surface area contributed by atoms with Crippen LogP contribution in [0, 0.1) is 0 Å². The number of hydrogen-bond donors (Lipinski definition) is 3. The third-order valence-electron chi connectivity index (χ3n) is 4.49. The lowest BCUT2D eigenvalue weighted by Crippen LogP contribution is -2.20. The predicted molar refractivity (Wildman–Crippen MR) is 113 cm³/mol. The zero-order valence-electron chi connectivity index (χ0n) is 16.3. The Kier molecular flexibility index (Phi) is 5.13. The number of carbonyl (C=O) groups is 2. The minimum atomic E-state index is -0.500. The number of nitrogens with one attached hydrogen (secondary N) is 3. The zero-order chi connectivity index (χ0) is 21.1. The number of ether oxygens (including phenoxy) is 3. The second kappa shape index (κ2) is 8.04. The Hall–Kier alpha value is -4.20. The molecule has 0 aromatic heterocycles. The first-order chi connectivity index (χ1) is 14.6. The average Bonchev–Trinajstić information content (AvgIpc) is 2.89. The Morgan fingerprint density at radius 1 is 0.933 bits per heavy atom. The molecule has 3 amide bonds. The highest BCUT2D eigenvalue weighted by atomic mass is 16.5. The number of methoxy groups -OCH3 is 2. The first kappa shape index (κ1) is 19.1. The van der Waals surface area contributed by atoms with Crippen LogP contribution in [0.25, 0.3) is 0 Å². The third-order valence-corrected chi connectivity index (χ3v) is 4.49. The number of carbonyl (C=O) groups excluding carboxylic acids is 2. The van der Waals surface area contributed by atoms with Crippen LogP contribution in [-0.4, -0.2) is 26.2 Å². The van der Waals surface area contributed by atoms with Crippen LogP contribution in [0.4, 0.5) is 21.9 Å². The summed E-state index contributed by atoms with van der Waals surface area (Å²) >= 11 is 0. The van der Waals surface area contributed by atoms with Crippen LogP contribution in [0.1, 0.15) is 10.4 Å². The fraction of sp³-hybridized carbons (Fsp3) is 0.0909. The maximum atomic E-state index is 12.6. The van der Waals surface area contributed by atoms with Gasteiger partial charge >= 0.3 is 6.03 Å². The second-order valence-corrected chi connectivity index (χ2v) is 6.38. The van der Waals surface area contributed by atoms with E-state index in [4.69, 9.17) is 14.2 Å². The van der Waals surface area contributed by atoms with E-state index in [1.54, 1.807) is 48.5 Å². The SMILES string of the molecule is COc1cccc(NC(=O)Nc2ccc3c(c2)C(=O)Nc2ccccc2O3)c1OC. The molecule has 4 rings (SSSR count). The monoisotopic (exact) mass is 405 g/mol. The molecule has 0 saturated heterocycles. The molecule has 0 atom stereocenters. The lowest BCUT2D eigenvalue weighted by Gasteiger charge is -2.14. The van der Waals surface area contributed by atoms with E-state index in [2.05, 4.69) is 16.0 Å². The van der Waals surface area contributed by atoms with Crippen LogP contribution in [0.5, 0.6) is 23.0 Å². The molecule has 0 radical (unpaired) electrons. The molecular weight excluding hydrogens is 386 g/mol. The van der Waals surface area contributed by atoms with Crippen LogP contribution in [0.2, 0.25) is 0 Å². The molecule has 152 valence electrons. The van der Waals surface area contributed by atoms with E-state index in [0.29, 0.717) is 45.6 Å². The predicted octanol–water partition coefficient (Wildman–Crippen LogP) is 4.71. The van der Waals surface area contributed by atoms with E-state index in [0.717, 1.165) is 0 Å². The molecule has 0 fully saturated rings. The molecule has 1 aliphatic heterocycles. The van der Waals surface area contributed by atoms with E-state index >= 15 is 0 Å². The van der Waals surface area contributed by atoms with Gasteiger partial charge in [-0.15, -0.1) is 0 Å². The third kappa shape index (κ3) is 3.70. The first-order valence-corrected chi connectivity index (χ1v) is 9.10. The molecule has 30 heavy (non-hydrogen) atoms. The highest BCUT2D eigenvalue weighted by Gasteiger charge is 2.21. The Morgan fingerprint density at radius 2 is 1.77 bits per heavy atom. The van der Waals surface area contributed by atoms with E-state index in [-0.39, 0.29) is 5.91 Å². The number of rotatable bonds is 4. The van der Waals surface area contributed by atoms with Gasteiger partial charge in [0.05, 0.1) is 31.2 Å². The van der Waals surface area contributed by atoms with E-state index in [9.17, 15) is 9.59 Å². The van der Waals surface area contributed by atoms with E-state index in [1.807, 2.05) is 12.1 Å². The van der Waals surface area contributed by atoms with Crippen LogP contribution >= 0.6 is 0 Å². The molecule has 8 nitrogen and oxygen atoms in total. The number of anilines is 3. The van der Waals surface area contributed by atoms with Crippen molar-refractivity contribution in [3.8, 4) is 23.0 Å². The van der Waals surface area contributed by atoms with Gasteiger partial charge in [-0.3, -0.25) is 4.79 Å². The van der Waals surface area contributed by atoms with Crippen molar-refractivity contribution in [1.82, 2.24) is 0 Å². The molecular formula is C22H19N3O5. The largest absolute Gasteiger partial charge is 0.493 e. The smallest absolute Gasteiger partial charge is 0.323 e. The molecule has 1 aliphatic rings. The normalized spacial score (nSPS) is 11.7. The summed E-state index contributed by atoms with van der Waals surface area (Å²) in [6, 6.07) is 16.7. The van der Waals surface area contributed by atoms with Crippen LogP contribution < -0.4 is 30.2 Å². The maximum Gasteiger partial charge on any atom is 0.323 e. The van der Waals surface area contributed by atoms with E-state index in [1.165, 1.54) is 14.2 Å². The molecule has 0 aliphatic carbocycles. The summed E-state index contributed by atoms with van der Waals surface area (Å²) in [5, 5.41) is 8.23. The van der Waals surface area contributed by atoms with Gasteiger partial charge in [-0.05, 0) is 42.5 Å². The summed E-state index contributed by atoms with van der Waals surface area (Å²) in [4.78, 5) is 25.1.